The quantitative estimate of drug-likeness (QED) is 0.812. The van der Waals surface area contributed by atoms with E-state index in [0.29, 0.717) is 0 Å². The van der Waals surface area contributed by atoms with Crippen molar-refractivity contribution in [3.8, 4) is 5.88 Å². The Morgan fingerprint density at radius 1 is 1.35 bits per heavy atom. The van der Waals surface area contributed by atoms with Gasteiger partial charge in [0.2, 0.25) is 5.88 Å². The number of halogens is 1. The maximum Gasteiger partial charge on any atom is 0.266 e. The summed E-state index contributed by atoms with van der Waals surface area (Å²) in [6.45, 7) is 0.272. The molecule has 0 saturated heterocycles. The van der Waals surface area contributed by atoms with Crippen molar-refractivity contribution >= 4 is 31.1 Å². The molecule has 0 aliphatic heterocycles. The van der Waals surface area contributed by atoms with E-state index in [1.54, 1.807) is 0 Å². The van der Waals surface area contributed by atoms with E-state index in [9.17, 15) is 8.42 Å². The lowest BCUT2D eigenvalue weighted by Gasteiger charge is -2.06. The fourth-order valence-corrected chi connectivity index (χ4v) is 2.73. The van der Waals surface area contributed by atoms with Gasteiger partial charge in [0.1, 0.15) is 11.5 Å². The molecule has 17 heavy (non-hydrogen) atoms. The zero-order valence-electron chi connectivity index (χ0n) is 8.54. The Morgan fingerprint density at radius 3 is 2.82 bits per heavy atom. The highest BCUT2D eigenvalue weighted by atomic mass is 35.7. The molecule has 2 rings (SSSR count). The first-order valence-corrected chi connectivity index (χ1v) is 7.81. The molecule has 4 nitrogen and oxygen atoms in total. The van der Waals surface area contributed by atoms with Crippen molar-refractivity contribution in [1.29, 1.82) is 0 Å². The zero-order valence-corrected chi connectivity index (χ0v) is 10.9. The van der Waals surface area contributed by atoms with E-state index in [0.717, 1.165) is 4.88 Å². The van der Waals surface area contributed by atoms with Crippen LogP contribution in [-0.4, -0.2) is 13.4 Å². The number of ether oxygens (including phenoxy) is 1. The molecule has 0 unspecified atom stereocenters. The molecule has 0 radical (unpaired) electrons. The molecule has 2 heterocycles. The molecule has 0 aromatic carbocycles. The van der Waals surface area contributed by atoms with Gasteiger partial charge in [-0.15, -0.1) is 11.3 Å². The van der Waals surface area contributed by atoms with Gasteiger partial charge in [-0.05, 0) is 23.6 Å². The first-order chi connectivity index (χ1) is 8.07. The van der Waals surface area contributed by atoms with Crippen molar-refractivity contribution < 1.29 is 13.2 Å². The van der Waals surface area contributed by atoms with Gasteiger partial charge in [0, 0.05) is 21.8 Å². The van der Waals surface area contributed by atoms with Gasteiger partial charge in [-0.1, -0.05) is 6.07 Å². The normalized spacial score (nSPS) is 11.4. The largest absolute Gasteiger partial charge is 0.471 e. The van der Waals surface area contributed by atoms with Crippen LogP contribution in [0.15, 0.2) is 40.7 Å². The molecule has 0 spiro atoms. The van der Waals surface area contributed by atoms with Crippen molar-refractivity contribution in [3.05, 3.63) is 40.7 Å². The number of aromatic nitrogens is 1. The van der Waals surface area contributed by atoms with Gasteiger partial charge in [0.25, 0.3) is 9.05 Å². The van der Waals surface area contributed by atoms with E-state index >= 15 is 0 Å². The van der Waals surface area contributed by atoms with Crippen LogP contribution in [0, 0.1) is 0 Å². The van der Waals surface area contributed by atoms with E-state index in [1.165, 1.54) is 29.7 Å². The Labute approximate surface area is 107 Å². The average molecular weight is 290 g/mol. The van der Waals surface area contributed by atoms with Crippen molar-refractivity contribution in [2.24, 2.45) is 0 Å². The van der Waals surface area contributed by atoms with Crippen LogP contribution in [0.3, 0.4) is 0 Å². The van der Waals surface area contributed by atoms with Crippen LogP contribution in [0.5, 0.6) is 5.88 Å². The number of hydrogen-bond acceptors (Lipinski definition) is 5. The van der Waals surface area contributed by atoms with Crippen LogP contribution in [0.4, 0.5) is 0 Å². The second-order valence-electron chi connectivity index (χ2n) is 3.11. The van der Waals surface area contributed by atoms with Crippen molar-refractivity contribution in [2.45, 2.75) is 11.5 Å². The fraction of sp³-hybridized carbons (Fsp3) is 0.100. The Hall–Kier alpha value is -1.11. The average Bonchev–Trinajstić information content (AvgIpc) is 2.78. The molecular weight excluding hydrogens is 282 g/mol. The molecule has 0 N–H and O–H groups in total. The fourth-order valence-electron chi connectivity index (χ4n) is 1.20. The molecule has 0 aliphatic carbocycles. The molecule has 7 heteroatoms. The molecule has 0 atom stereocenters. The molecule has 90 valence electrons. The van der Waals surface area contributed by atoms with Crippen molar-refractivity contribution in [3.63, 3.8) is 0 Å². The van der Waals surface area contributed by atoms with Gasteiger partial charge in [-0.3, -0.25) is 0 Å². The minimum atomic E-state index is -3.84. The van der Waals surface area contributed by atoms with Gasteiger partial charge >= 0.3 is 0 Å². The summed E-state index contributed by atoms with van der Waals surface area (Å²) in [4.78, 5) is 4.73. The van der Waals surface area contributed by atoms with Crippen molar-refractivity contribution in [1.82, 2.24) is 4.98 Å². The zero-order chi connectivity index (χ0) is 12.3. The SMILES string of the molecule is O=S(=O)(Cl)c1cccnc1OCc1cccs1. The summed E-state index contributed by atoms with van der Waals surface area (Å²) in [5.74, 6) is 0.0240. The van der Waals surface area contributed by atoms with Crippen LogP contribution in [0.1, 0.15) is 4.88 Å². The minimum Gasteiger partial charge on any atom is -0.471 e. The lowest BCUT2D eigenvalue weighted by molar-refractivity contribution is 0.288. The lowest BCUT2D eigenvalue weighted by Crippen LogP contribution is -2.01. The third kappa shape index (κ3) is 3.18. The van der Waals surface area contributed by atoms with Gasteiger partial charge in [-0.2, -0.15) is 0 Å². The standard InChI is InChI=1S/C10H8ClNO3S2/c11-17(13,14)9-4-1-5-12-10(9)15-7-8-3-2-6-16-8/h1-6H,7H2. The maximum atomic E-state index is 11.3. The Kier molecular flexibility index (Phi) is 3.66. The summed E-state index contributed by atoms with van der Waals surface area (Å²) in [6, 6.07) is 6.63. The Balaban J connectivity index is 2.22. The van der Waals surface area contributed by atoms with E-state index in [4.69, 9.17) is 15.4 Å². The molecule has 2 aromatic heterocycles. The second-order valence-corrected chi connectivity index (χ2v) is 6.68. The number of pyridine rings is 1. The summed E-state index contributed by atoms with van der Waals surface area (Å²) in [7, 11) is 1.44. The topological polar surface area (TPSA) is 56.3 Å². The van der Waals surface area contributed by atoms with E-state index in [2.05, 4.69) is 4.98 Å². The van der Waals surface area contributed by atoms with E-state index in [1.807, 2.05) is 17.5 Å². The Morgan fingerprint density at radius 2 is 2.18 bits per heavy atom. The molecule has 2 aromatic rings. The van der Waals surface area contributed by atoms with Gasteiger partial charge in [0.15, 0.2) is 0 Å². The summed E-state index contributed by atoms with van der Waals surface area (Å²) in [5.41, 5.74) is 0. The van der Waals surface area contributed by atoms with Crippen LogP contribution in [0.2, 0.25) is 0 Å². The monoisotopic (exact) mass is 289 g/mol. The van der Waals surface area contributed by atoms with E-state index in [-0.39, 0.29) is 17.4 Å². The first kappa shape index (κ1) is 12.3. The molecule has 0 fully saturated rings. The van der Waals surface area contributed by atoms with Gasteiger partial charge < -0.3 is 4.74 Å². The second kappa shape index (κ2) is 5.03. The summed E-state index contributed by atoms with van der Waals surface area (Å²) in [5, 5.41) is 1.91. The minimum absolute atomic E-state index is 0.0240. The Bertz CT molecular complexity index is 596. The molecule has 0 aliphatic rings. The number of rotatable bonds is 4. The highest BCUT2D eigenvalue weighted by molar-refractivity contribution is 8.13. The van der Waals surface area contributed by atoms with Crippen LogP contribution in [0.25, 0.3) is 0 Å². The lowest BCUT2D eigenvalue weighted by atomic mass is 10.5. The van der Waals surface area contributed by atoms with Crippen molar-refractivity contribution in [2.75, 3.05) is 0 Å². The summed E-state index contributed by atoms with van der Waals surface area (Å²) >= 11 is 1.52. The van der Waals surface area contributed by atoms with Gasteiger partial charge in [-0.25, -0.2) is 13.4 Å². The highest BCUT2D eigenvalue weighted by Crippen LogP contribution is 2.25. The third-order valence-electron chi connectivity index (χ3n) is 1.93. The first-order valence-electron chi connectivity index (χ1n) is 4.62. The number of nitrogens with zero attached hydrogens (tertiary/aromatic N) is 1. The summed E-state index contributed by atoms with van der Waals surface area (Å²) in [6.07, 6.45) is 1.45. The molecular formula is C10H8ClNO3S2. The smallest absolute Gasteiger partial charge is 0.266 e. The third-order valence-corrected chi connectivity index (χ3v) is 4.11. The predicted molar refractivity (Wildman–Crippen MR) is 65.9 cm³/mol. The molecule has 0 amide bonds. The summed E-state index contributed by atoms with van der Waals surface area (Å²) < 4.78 is 27.9. The van der Waals surface area contributed by atoms with Crippen LogP contribution < -0.4 is 4.74 Å². The number of thiophene rings is 1. The predicted octanol–water partition coefficient (Wildman–Crippen LogP) is 2.65. The number of hydrogen-bond donors (Lipinski definition) is 0. The van der Waals surface area contributed by atoms with Crippen LogP contribution in [-0.2, 0) is 15.7 Å². The van der Waals surface area contributed by atoms with Gasteiger partial charge in [0.05, 0.1) is 0 Å². The van der Waals surface area contributed by atoms with Crippen LogP contribution >= 0.6 is 22.0 Å². The van der Waals surface area contributed by atoms with E-state index < -0.39 is 9.05 Å². The highest BCUT2D eigenvalue weighted by Gasteiger charge is 2.17. The molecule has 0 bridgehead atoms. The molecule has 0 saturated carbocycles. The maximum absolute atomic E-state index is 11.3.